The van der Waals surface area contributed by atoms with Crippen LogP contribution in [-0.4, -0.2) is 9.97 Å². The number of hydrogen-bond acceptors (Lipinski definition) is 2. The molecule has 0 unspecified atom stereocenters. The lowest BCUT2D eigenvalue weighted by molar-refractivity contribution is 1.27. The lowest BCUT2D eigenvalue weighted by Gasteiger charge is -2.05. The van der Waals surface area contributed by atoms with E-state index < -0.39 is 0 Å². The molecule has 0 amide bonds. The predicted molar refractivity (Wildman–Crippen MR) is 81.4 cm³/mol. The summed E-state index contributed by atoms with van der Waals surface area (Å²) in [5.41, 5.74) is 4.28. The van der Waals surface area contributed by atoms with Crippen LogP contribution in [-0.2, 0) is 0 Å². The first-order valence-corrected chi connectivity index (χ1v) is 6.65. The average molecular weight is 280 g/mol. The molecule has 0 saturated carbocycles. The second-order valence-electron chi connectivity index (χ2n) is 4.44. The topological polar surface area (TPSA) is 25.8 Å². The molecule has 2 aromatic heterocycles. The van der Waals surface area contributed by atoms with Crippen molar-refractivity contribution < 1.29 is 0 Å². The van der Waals surface area contributed by atoms with E-state index in [0.29, 0.717) is 0 Å². The Morgan fingerprint density at radius 3 is 2.45 bits per heavy atom. The van der Waals surface area contributed by atoms with E-state index in [1.165, 1.54) is 0 Å². The van der Waals surface area contributed by atoms with E-state index in [-0.39, 0.29) is 0 Å². The molecule has 3 aromatic rings. The van der Waals surface area contributed by atoms with Crippen LogP contribution in [0.15, 0.2) is 67.3 Å². The monoisotopic (exact) mass is 279 g/mol. The van der Waals surface area contributed by atoms with E-state index in [1.54, 1.807) is 12.4 Å². The molecule has 2 nitrogen and oxygen atoms in total. The van der Waals surface area contributed by atoms with Crippen molar-refractivity contribution in [1.82, 2.24) is 9.97 Å². The van der Waals surface area contributed by atoms with Crippen LogP contribution in [0.3, 0.4) is 0 Å². The van der Waals surface area contributed by atoms with Crippen molar-refractivity contribution >= 4 is 11.6 Å². The second kappa shape index (κ2) is 5.85. The summed E-state index contributed by atoms with van der Waals surface area (Å²) in [5.74, 6) is 0. The van der Waals surface area contributed by atoms with Crippen LogP contribution >= 0.6 is 11.6 Å². The van der Waals surface area contributed by atoms with Crippen molar-refractivity contribution in [2.75, 3.05) is 0 Å². The maximum Gasteiger partial charge on any atom is 0.0408 e. The summed E-state index contributed by atoms with van der Waals surface area (Å²) >= 11 is 6.00. The zero-order chi connectivity index (χ0) is 13.8. The van der Waals surface area contributed by atoms with Gasteiger partial charge in [0.2, 0.25) is 0 Å². The molecule has 0 bridgehead atoms. The van der Waals surface area contributed by atoms with Crippen molar-refractivity contribution in [3.63, 3.8) is 0 Å². The van der Waals surface area contributed by atoms with Crippen LogP contribution in [0.4, 0.5) is 0 Å². The summed E-state index contributed by atoms with van der Waals surface area (Å²) in [6.07, 6.45) is 9.31. The van der Waals surface area contributed by atoms with E-state index in [2.05, 4.69) is 22.5 Å². The highest BCUT2D eigenvalue weighted by molar-refractivity contribution is 6.30. The molecule has 0 aliphatic carbocycles. The Kier molecular flexibility index (Phi) is 3.75. The third kappa shape index (κ3) is 3.03. The predicted octanol–water partition coefficient (Wildman–Crippen LogP) is 4.40. The molecule has 1 aromatic carbocycles. The molecule has 1 radical (unpaired) electrons. The number of aromatic nitrogens is 2. The van der Waals surface area contributed by atoms with Crippen LogP contribution < -0.4 is 0 Å². The molecule has 0 atom stereocenters. The van der Waals surface area contributed by atoms with Gasteiger partial charge in [0.25, 0.3) is 0 Å². The Morgan fingerprint density at radius 2 is 1.65 bits per heavy atom. The fraction of sp³-hybridized carbons (Fsp3) is 0. The molecule has 0 N–H and O–H groups in total. The van der Waals surface area contributed by atoms with Gasteiger partial charge in [0.05, 0.1) is 0 Å². The van der Waals surface area contributed by atoms with E-state index >= 15 is 0 Å². The summed E-state index contributed by atoms with van der Waals surface area (Å²) in [6, 6.07) is 13.8. The van der Waals surface area contributed by atoms with E-state index in [0.717, 1.165) is 27.3 Å². The van der Waals surface area contributed by atoms with Crippen molar-refractivity contribution in [3.05, 3.63) is 89.8 Å². The zero-order valence-corrected chi connectivity index (χ0v) is 11.5. The largest absolute Gasteiger partial charge is 0.265 e. The molecule has 0 aliphatic rings. The first-order valence-electron chi connectivity index (χ1n) is 6.27. The third-order valence-corrected chi connectivity index (χ3v) is 3.19. The minimum Gasteiger partial charge on any atom is -0.265 e. The fourth-order valence-electron chi connectivity index (χ4n) is 2.03. The summed E-state index contributed by atoms with van der Waals surface area (Å²) < 4.78 is 0. The molecule has 97 valence electrons. The number of benzene rings is 1. The second-order valence-corrected chi connectivity index (χ2v) is 4.88. The zero-order valence-electron chi connectivity index (χ0n) is 10.7. The summed E-state index contributed by atoms with van der Waals surface area (Å²) in [5, 5.41) is 0.733. The molecule has 2 heterocycles. The molecule has 3 heteroatoms. The highest BCUT2D eigenvalue weighted by Crippen LogP contribution is 2.21. The highest BCUT2D eigenvalue weighted by Gasteiger charge is 2.02. The Morgan fingerprint density at radius 1 is 0.800 bits per heavy atom. The summed E-state index contributed by atoms with van der Waals surface area (Å²) in [6.45, 7) is 0. The van der Waals surface area contributed by atoms with E-state index in [1.807, 2.05) is 48.8 Å². The van der Waals surface area contributed by atoms with Crippen molar-refractivity contribution in [2.24, 2.45) is 0 Å². The van der Waals surface area contributed by atoms with E-state index in [9.17, 15) is 0 Å². The van der Waals surface area contributed by atoms with E-state index in [4.69, 9.17) is 11.6 Å². The molecule has 0 saturated heterocycles. The number of rotatable bonds is 3. The number of pyridine rings is 2. The van der Waals surface area contributed by atoms with Crippen molar-refractivity contribution in [3.8, 4) is 11.1 Å². The van der Waals surface area contributed by atoms with Gasteiger partial charge >= 0.3 is 0 Å². The minimum atomic E-state index is 0.733. The SMILES string of the molecule is Clc1cccc([CH]c2cncc(-c3ccncc3)c2)c1. The third-order valence-electron chi connectivity index (χ3n) is 2.96. The Balaban J connectivity index is 1.88. The fourth-order valence-corrected chi connectivity index (χ4v) is 2.23. The van der Waals surface area contributed by atoms with Crippen LogP contribution in [0.25, 0.3) is 11.1 Å². The average Bonchev–Trinajstić information content (AvgIpc) is 2.48. The first kappa shape index (κ1) is 12.8. The van der Waals surface area contributed by atoms with Crippen molar-refractivity contribution in [2.45, 2.75) is 0 Å². The van der Waals surface area contributed by atoms with Gasteiger partial charge in [-0.3, -0.25) is 9.97 Å². The van der Waals surface area contributed by atoms with Gasteiger partial charge in [-0.2, -0.15) is 0 Å². The highest BCUT2D eigenvalue weighted by atomic mass is 35.5. The van der Waals surface area contributed by atoms with Gasteiger partial charge in [-0.15, -0.1) is 0 Å². The molecule has 0 fully saturated rings. The maximum atomic E-state index is 6.00. The first-order chi connectivity index (χ1) is 9.81. The van der Waals surface area contributed by atoms with Crippen LogP contribution in [0.1, 0.15) is 11.1 Å². The quantitative estimate of drug-likeness (QED) is 0.710. The van der Waals surface area contributed by atoms with Crippen LogP contribution in [0.5, 0.6) is 0 Å². The van der Waals surface area contributed by atoms with Crippen LogP contribution in [0, 0.1) is 6.42 Å². The Labute approximate surface area is 123 Å². The summed E-state index contributed by atoms with van der Waals surface area (Å²) in [7, 11) is 0. The van der Waals surface area contributed by atoms with Gasteiger partial charge in [-0.25, -0.2) is 0 Å². The number of hydrogen-bond donors (Lipinski definition) is 0. The lowest BCUT2D eigenvalue weighted by atomic mass is 10.0. The molecule has 0 aliphatic heterocycles. The van der Waals surface area contributed by atoms with Gasteiger partial charge in [0.1, 0.15) is 0 Å². The molecule has 3 rings (SSSR count). The molecular formula is C17H12ClN2. The van der Waals surface area contributed by atoms with Crippen LogP contribution in [0.2, 0.25) is 5.02 Å². The lowest BCUT2D eigenvalue weighted by Crippen LogP contribution is -1.88. The van der Waals surface area contributed by atoms with Gasteiger partial charge in [0.15, 0.2) is 0 Å². The Bertz CT molecular complexity index is 711. The standard InChI is InChI=1S/C17H12ClN2/c18-17-3-1-2-13(10-17)8-14-9-16(12-20-11-14)15-4-6-19-7-5-15/h1-12H. The minimum absolute atomic E-state index is 0.733. The van der Waals surface area contributed by atoms with Gasteiger partial charge in [-0.05, 0) is 47.0 Å². The number of nitrogens with zero attached hydrogens (tertiary/aromatic N) is 2. The maximum absolute atomic E-state index is 6.00. The van der Waals surface area contributed by atoms with Crippen molar-refractivity contribution in [1.29, 1.82) is 0 Å². The van der Waals surface area contributed by atoms with Gasteiger partial charge in [0, 0.05) is 41.8 Å². The molecule has 0 spiro atoms. The Hall–Kier alpha value is -2.19. The normalized spacial score (nSPS) is 10.4. The number of halogens is 1. The summed E-state index contributed by atoms with van der Waals surface area (Å²) in [4.78, 5) is 8.32. The smallest absolute Gasteiger partial charge is 0.0408 e. The van der Waals surface area contributed by atoms with Gasteiger partial charge < -0.3 is 0 Å². The molecule has 20 heavy (non-hydrogen) atoms. The molecular weight excluding hydrogens is 268 g/mol. The van der Waals surface area contributed by atoms with Gasteiger partial charge in [-0.1, -0.05) is 23.7 Å².